The van der Waals surface area contributed by atoms with Crippen molar-refractivity contribution in [2.45, 2.75) is 19.4 Å². The molecule has 0 fully saturated rings. The molecular formula is C8H13NO6. The first-order chi connectivity index (χ1) is 6.68. The molecular weight excluding hydrogens is 206 g/mol. The summed E-state index contributed by atoms with van der Waals surface area (Å²) in [7, 11) is 0. The van der Waals surface area contributed by atoms with Crippen LogP contribution >= 0.6 is 0 Å². The lowest BCUT2D eigenvalue weighted by Gasteiger charge is -1.99. The van der Waals surface area contributed by atoms with Crippen LogP contribution in [-0.2, 0) is 14.4 Å². The van der Waals surface area contributed by atoms with Crippen molar-refractivity contribution < 1.29 is 29.7 Å². The van der Waals surface area contributed by atoms with Crippen molar-refractivity contribution in [1.82, 2.24) is 0 Å². The average Bonchev–Trinajstić information content (AvgIpc) is 2.03. The summed E-state index contributed by atoms with van der Waals surface area (Å²) in [6.07, 6.45) is -0.532. The fourth-order valence-corrected chi connectivity index (χ4v) is 0.275. The quantitative estimate of drug-likeness (QED) is 0.468. The average molecular weight is 219 g/mol. The number of carbonyl (C=O) groups is 3. The minimum Gasteiger partial charge on any atom is -0.481 e. The summed E-state index contributed by atoms with van der Waals surface area (Å²) in [6.45, 7) is 4.60. The lowest BCUT2D eigenvalue weighted by atomic mass is 10.2. The predicted octanol–water partition coefficient (Wildman–Crippen LogP) is -0.480. The molecule has 7 heteroatoms. The second kappa shape index (κ2) is 7.51. The van der Waals surface area contributed by atoms with Gasteiger partial charge in [-0.05, 0) is 6.92 Å². The zero-order chi connectivity index (χ0) is 12.6. The normalized spacial score (nSPS) is 10.5. The number of nitrogens with two attached hydrogens (primary N) is 1. The zero-order valence-corrected chi connectivity index (χ0v) is 8.14. The number of carboxylic acid groups (broad SMARTS) is 3. The maximum absolute atomic E-state index is 9.85. The molecule has 86 valence electrons. The maximum atomic E-state index is 9.85. The molecule has 1 atom stereocenters. The minimum absolute atomic E-state index is 0.176. The van der Waals surface area contributed by atoms with E-state index in [2.05, 4.69) is 6.58 Å². The molecule has 7 nitrogen and oxygen atoms in total. The Morgan fingerprint density at radius 1 is 1.27 bits per heavy atom. The molecule has 5 N–H and O–H groups in total. The SMILES string of the molecule is C=C(C)C(=O)O.N[C@@H](CC(=O)O)C(=O)O. The van der Waals surface area contributed by atoms with Gasteiger partial charge in [-0.1, -0.05) is 6.58 Å². The molecule has 0 aromatic carbocycles. The number of hydrogen-bond donors (Lipinski definition) is 4. The van der Waals surface area contributed by atoms with E-state index in [1.807, 2.05) is 0 Å². The van der Waals surface area contributed by atoms with Gasteiger partial charge in [-0.3, -0.25) is 9.59 Å². The molecule has 0 amide bonds. The van der Waals surface area contributed by atoms with Crippen molar-refractivity contribution in [3.63, 3.8) is 0 Å². The summed E-state index contributed by atoms with van der Waals surface area (Å²) in [5.74, 6) is -3.43. The number of aliphatic carboxylic acids is 3. The third-order valence-corrected chi connectivity index (χ3v) is 1.08. The molecule has 0 radical (unpaired) electrons. The van der Waals surface area contributed by atoms with Gasteiger partial charge in [-0.2, -0.15) is 0 Å². The Kier molecular flexibility index (Phi) is 7.80. The molecule has 0 aliphatic rings. The number of rotatable bonds is 4. The summed E-state index contributed by atoms with van der Waals surface area (Å²) in [6, 6.07) is -1.29. The maximum Gasteiger partial charge on any atom is 0.330 e. The van der Waals surface area contributed by atoms with Crippen LogP contribution in [0.1, 0.15) is 13.3 Å². The van der Waals surface area contributed by atoms with Gasteiger partial charge in [0.1, 0.15) is 6.04 Å². The van der Waals surface area contributed by atoms with Crippen molar-refractivity contribution in [2.24, 2.45) is 5.73 Å². The summed E-state index contributed by atoms with van der Waals surface area (Å²) < 4.78 is 0. The van der Waals surface area contributed by atoms with Gasteiger partial charge < -0.3 is 21.1 Å². The second-order valence-corrected chi connectivity index (χ2v) is 2.63. The third kappa shape index (κ3) is 12.1. The molecule has 0 bridgehead atoms. The predicted molar refractivity (Wildman–Crippen MR) is 50.3 cm³/mol. The first kappa shape index (κ1) is 15.6. The van der Waals surface area contributed by atoms with Crippen LogP contribution in [0, 0.1) is 0 Å². The topological polar surface area (TPSA) is 138 Å². The van der Waals surface area contributed by atoms with Crippen LogP contribution in [0.2, 0.25) is 0 Å². The van der Waals surface area contributed by atoms with E-state index in [4.69, 9.17) is 21.1 Å². The van der Waals surface area contributed by atoms with Crippen LogP contribution < -0.4 is 5.73 Å². The molecule has 0 aromatic heterocycles. The standard InChI is InChI=1S/C4H7NO4.C4H6O2/c5-2(4(8)9)1-3(6)7;1-3(2)4(5)6/h2H,1,5H2,(H,6,7)(H,8,9);1H2,2H3,(H,5,6)/t2-;/m0./s1. The van der Waals surface area contributed by atoms with Crippen molar-refractivity contribution in [2.75, 3.05) is 0 Å². The molecule has 0 saturated heterocycles. The largest absolute Gasteiger partial charge is 0.481 e. The molecule has 0 saturated carbocycles. The highest BCUT2D eigenvalue weighted by Gasteiger charge is 2.14. The first-order valence-corrected chi connectivity index (χ1v) is 3.77. The summed E-state index contributed by atoms with van der Waals surface area (Å²) in [5.41, 5.74) is 5.01. The Morgan fingerprint density at radius 3 is 1.67 bits per heavy atom. The van der Waals surface area contributed by atoms with E-state index in [1.165, 1.54) is 6.92 Å². The van der Waals surface area contributed by atoms with Crippen LogP contribution in [0.5, 0.6) is 0 Å². The fraction of sp³-hybridized carbons (Fsp3) is 0.375. The van der Waals surface area contributed by atoms with Crippen LogP contribution in [0.4, 0.5) is 0 Å². The van der Waals surface area contributed by atoms with Crippen molar-refractivity contribution >= 4 is 17.9 Å². The van der Waals surface area contributed by atoms with Crippen molar-refractivity contribution in [1.29, 1.82) is 0 Å². The van der Waals surface area contributed by atoms with E-state index >= 15 is 0 Å². The molecule has 0 rings (SSSR count). The Labute approximate surface area is 85.8 Å². The monoisotopic (exact) mass is 219 g/mol. The third-order valence-electron chi connectivity index (χ3n) is 1.08. The molecule has 0 heterocycles. The second-order valence-electron chi connectivity index (χ2n) is 2.63. The van der Waals surface area contributed by atoms with E-state index in [0.29, 0.717) is 0 Å². The van der Waals surface area contributed by atoms with E-state index in [0.717, 1.165) is 0 Å². The van der Waals surface area contributed by atoms with Crippen LogP contribution in [0.3, 0.4) is 0 Å². The molecule has 0 aliphatic carbocycles. The highest BCUT2D eigenvalue weighted by Crippen LogP contribution is 1.86. The molecule has 15 heavy (non-hydrogen) atoms. The number of carboxylic acids is 3. The summed E-state index contributed by atoms with van der Waals surface area (Å²) >= 11 is 0. The van der Waals surface area contributed by atoms with Gasteiger partial charge in [0.15, 0.2) is 0 Å². The van der Waals surface area contributed by atoms with Gasteiger partial charge in [-0.15, -0.1) is 0 Å². The molecule has 0 aliphatic heterocycles. The molecule has 0 aromatic rings. The van der Waals surface area contributed by atoms with E-state index in [1.54, 1.807) is 0 Å². The summed E-state index contributed by atoms with van der Waals surface area (Å²) in [4.78, 5) is 29.2. The van der Waals surface area contributed by atoms with Gasteiger partial charge in [0.2, 0.25) is 0 Å². The van der Waals surface area contributed by atoms with Crippen LogP contribution in [0.25, 0.3) is 0 Å². The Balaban J connectivity index is 0. The van der Waals surface area contributed by atoms with Crippen molar-refractivity contribution in [3.05, 3.63) is 12.2 Å². The highest BCUT2D eigenvalue weighted by molar-refractivity contribution is 5.84. The Hall–Kier alpha value is -1.89. The van der Waals surface area contributed by atoms with E-state index in [9.17, 15) is 14.4 Å². The minimum atomic E-state index is -1.29. The van der Waals surface area contributed by atoms with Gasteiger partial charge in [-0.25, -0.2) is 4.79 Å². The van der Waals surface area contributed by atoms with E-state index < -0.39 is 30.4 Å². The Bertz CT molecular complexity index is 260. The zero-order valence-electron chi connectivity index (χ0n) is 8.14. The number of hydrogen-bond acceptors (Lipinski definition) is 4. The molecule has 0 unspecified atom stereocenters. The first-order valence-electron chi connectivity index (χ1n) is 3.77. The summed E-state index contributed by atoms with van der Waals surface area (Å²) in [5, 5.41) is 23.9. The molecule has 0 spiro atoms. The highest BCUT2D eigenvalue weighted by atomic mass is 16.4. The van der Waals surface area contributed by atoms with Gasteiger partial charge in [0, 0.05) is 5.57 Å². The Morgan fingerprint density at radius 2 is 1.60 bits per heavy atom. The van der Waals surface area contributed by atoms with E-state index in [-0.39, 0.29) is 5.57 Å². The van der Waals surface area contributed by atoms with Gasteiger partial charge >= 0.3 is 17.9 Å². The lowest BCUT2D eigenvalue weighted by Crippen LogP contribution is -2.32. The van der Waals surface area contributed by atoms with Crippen LogP contribution in [0.15, 0.2) is 12.2 Å². The lowest BCUT2D eigenvalue weighted by molar-refractivity contribution is -0.144. The smallest absolute Gasteiger partial charge is 0.330 e. The van der Waals surface area contributed by atoms with Crippen molar-refractivity contribution in [3.8, 4) is 0 Å². The fourth-order valence-electron chi connectivity index (χ4n) is 0.275. The van der Waals surface area contributed by atoms with Crippen LogP contribution in [-0.4, -0.2) is 39.3 Å². The van der Waals surface area contributed by atoms with Gasteiger partial charge in [0.05, 0.1) is 6.42 Å². The van der Waals surface area contributed by atoms with Gasteiger partial charge in [0.25, 0.3) is 0 Å².